The van der Waals surface area contributed by atoms with Gasteiger partial charge < -0.3 is 10.4 Å². The molecule has 2 atom stereocenters. The Bertz CT molecular complexity index is 432. The van der Waals surface area contributed by atoms with E-state index in [2.05, 4.69) is 38.0 Å². The number of aromatic carboxylic acids is 1. The molecule has 2 N–H and O–H groups in total. The van der Waals surface area contributed by atoms with Crippen molar-refractivity contribution in [2.75, 3.05) is 5.32 Å². The number of carbonyl (C=O) groups is 1. The second kappa shape index (κ2) is 7.12. The number of aryl methyl sites for hydroxylation is 1. The fourth-order valence-electron chi connectivity index (χ4n) is 1.90. The average Bonchev–Trinajstić information content (AvgIpc) is 2.37. The number of nitrogens with one attached hydrogen (secondary N) is 1. The van der Waals surface area contributed by atoms with Crippen molar-refractivity contribution in [3.8, 4) is 0 Å². The van der Waals surface area contributed by atoms with Gasteiger partial charge in [-0.2, -0.15) is 0 Å². The Morgan fingerprint density at radius 3 is 2.58 bits per heavy atom. The fourth-order valence-corrected chi connectivity index (χ4v) is 1.90. The first kappa shape index (κ1) is 15.5. The summed E-state index contributed by atoms with van der Waals surface area (Å²) in [6, 6.07) is 3.54. The van der Waals surface area contributed by atoms with Crippen LogP contribution in [0.1, 0.15) is 56.6 Å². The highest BCUT2D eigenvalue weighted by Crippen LogP contribution is 2.16. The molecule has 0 aliphatic carbocycles. The first-order valence-corrected chi connectivity index (χ1v) is 6.98. The summed E-state index contributed by atoms with van der Waals surface area (Å²) in [5, 5.41) is 12.4. The lowest BCUT2D eigenvalue weighted by molar-refractivity contribution is 0.0696. The monoisotopic (exact) mass is 264 g/mol. The van der Waals surface area contributed by atoms with Crippen LogP contribution in [0.4, 0.5) is 5.82 Å². The standard InChI is InChI=1S/C15H24N2O2/c1-5-7-13-8-12(15(18)19)9-14(17-13)16-11(4)10(3)6-2/h8-11H,5-7H2,1-4H3,(H,16,17)(H,18,19). The summed E-state index contributed by atoms with van der Waals surface area (Å²) in [5.74, 6) is 0.278. The lowest BCUT2D eigenvalue weighted by atomic mass is 10.0. The average molecular weight is 264 g/mol. The molecule has 0 bridgehead atoms. The highest BCUT2D eigenvalue weighted by atomic mass is 16.4. The SMILES string of the molecule is CCCc1cc(C(=O)O)cc(NC(C)C(C)CC)n1. The molecule has 4 heteroatoms. The van der Waals surface area contributed by atoms with Gasteiger partial charge in [0, 0.05) is 11.7 Å². The zero-order valence-corrected chi connectivity index (χ0v) is 12.2. The quantitative estimate of drug-likeness (QED) is 0.790. The molecule has 1 heterocycles. The molecule has 2 unspecified atom stereocenters. The van der Waals surface area contributed by atoms with Gasteiger partial charge in [-0.05, 0) is 31.4 Å². The van der Waals surface area contributed by atoms with E-state index in [1.54, 1.807) is 12.1 Å². The number of anilines is 1. The Hall–Kier alpha value is -1.58. The molecule has 0 aliphatic rings. The second-order valence-electron chi connectivity index (χ2n) is 5.11. The van der Waals surface area contributed by atoms with Gasteiger partial charge >= 0.3 is 5.97 Å². The third kappa shape index (κ3) is 4.54. The maximum absolute atomic E-state index is 11.1. The number of aromatic nitrogens is 1. The summed E-state index contributed by atoms with van der Waals surface area (Å²) in [7, 11) is 0. The number of carboxylic acid groups (broad SMARTS) is 1. The maximum atomic E-state index is 11.1. The summed E-state index contributed by atoms with van der Waals surface area (Å²) in [5.41, 5.74) is 1.14. The predicted molar refractivity (Wildman–Crippen MR) is 77.7 cm³/mol. The van der Waals surface area contributed by atoms with E-state index in [0.717, 1.165) is 25.0 Å². The third-order valence-electron chi connectivity index (χ3n) is 3.50. The number of hydrogen-bond donors (Lipinski definition) is 2. The van der Waals surface area contributed by atoms with Crippen LogP contribution in [-0.2, 0) is 6.42 Å². The number of carboxylic acids is 1. The first-order chi connectivity index (χ1) is 8.97. The summed E-state index contributed by atoms with van der Waals surface area (Å²) in [4.78, 5) is 15.6. The van der Waals surface area contributed by atoms with Crippen molar-refractivity contribution in [1.29, 1.82) is 0 Å². The van der Waals surface area contributed by atoms with Crippen LogP contribution in [0.5, 0.6) is 0 Å². The van der Waals surface area contributed by atoms with Crippen LogP contribution in [-0.4, -0.2) is 22.1 Å². The zero-order chi connectivity index (χ0) is 14.4. The van der Waals surface area contributed by atoms with E-state index in [4.69, 9.17) is 5.11 Å². The molecule has 0 fully saturated rings. The van der Waals surface area contributed by atoms with Crippen molar-refractivity contribution in [1.82, 2.24) is 4.98 Å². The number of rotatable bonds is 7. The molecule has 0 radical (unpaired) electrons. The van der Waals surface area contributed by atoms with Gasteiger partial charge in [-0.3, -0.25) is 0 Å². The largest absolute Gasteiger partial charge is 0.478 e. The molecule has 1 rings (SSSR count). The molecule has 19 heavy (non-hydrogen) atoms. The van der Waals surface area contributed by atoms with Gasteiger partial charge in [0.2, 0.25) is 0 Å². The van der Waals surface area contributed by atoms with Gasteiger partial charge in [0.1, 0.15) is 5.82 Å². The number of nitrogens with zero attached hydrogens (tertiary/aromatic N) is 1. The fraction of sp³-hybridized carbons (Fsp3) is 0.600. The maximum Gasteiger partial charge on any atom is 0.335 e. The van der Waals surface area contributed by atoms with Crippen molar-refractivity contribution >= 4 is 11.8 Å². The molecule has 0 spiro atoms. The van der Waals surface area contributed by atoms with Crippen LogP contribution >= 0.6 is 0 Å². The van der Waals surface area contributed by atoms with E-state index in [1.807, 2.05) is 0 Å². The molecule has 0 aromatic carbocycles. The van der Waals surface area contributed by atoms with Crippen LogP contribution in [0.25, 0.3) is 0 Å². The topological polar surface area (TPSA) is 62.2 Å². The van der Waals surface area contributed by atoms with E-state index in [1.165, 1.54) is 0 Å². The van der Waals surface area contributed by atoms with E-state index in [9.17, 15) is 4.79 Å². The minimum absolute atomic E-state index is 0.274. The summed E-state index contributed by atoms with van der Waals surface area (Å²) in [6.07, 6.45) is 2.83. The van der Waals surface area contributed by atoms with Gasteiger partial charge in [-0.15, -0.1) is 0 Å². The highest BCUT2D eigenvalue weighted by molar-refractivity contribution is 5.88. The van der Waals surface area contributed by atoms with Crippen LogP contribution in [0.15, 0.2) is 12.1 Å². The van der Waals surface area contributed by atoms with Crippen molar-refractivity contribution in [3.05, 3.63) is 23.4 Å². The lowest BCUT2D eigenvalue weighted by Gasteiger charge is -2.21. The van der Waals surface area contributed by atoms with Crippen LogP contribution < -0.4 is 5.32 Å². The molecular weight excluding hydrogens is 240 g/mol. The lowest BCUT2D eigenvalue weighted by Crippen LogP contribution is -2.24. The van der Waals surface area contributed by atoms with Crippen LogP contribution in [0, 0.1) is 5.92 Å². The first-order valence-electron chi connectivity index (χ1n) is 6.98. The Morgan fingerprint density at radius 2 is 2.05 bits per heavy atom. The van der Waals surface area contributed by atoms with Crippen molar-refractivity contribution < 1.29 is 9.90 Å². The minimum atomic E-state index is -0.904. The molecule has 0 amide bonds. The highest BCUT2D eigenvalue weighted by Gasteiger charge is 2.13. The molecule has 1 aromatic heterocycles. The zero-order valence-electron chi connectivity index (χ0n) is 12.2. The molecule has 0 saturated heterocycles. The Kier molecular flexibility index (Phi) is 5.80. The normalized spacial score (nSPS) is 13.9. The Morgan fingerprint density at radius 1 is 1.37 bits per heavy atom. The van der Waals surface area contributed by atoms with Crippen molar-refractivity contribution in [2.24, 2.45) is 5.92 Å². The number of hydrogen-bond acceptors (Lipinski definition) is 3. The van der Waals surface area contributed by atoms with E-state index >= 15 is 0 Å². The summed E-state index contributed by atoms with van der Waals surface area (Å²) >= 11 is 0. The van der Waals surface area contributed by atoms with Gasteiger partial charge in [-0.1, -0.05) is 33.6 Å². The molecule has 106 valence electrons. The molecule has 0 aliphatic heterocycles. The Labute approximate surface area is 115 Å². The predicted octanol–water partition coefficient (Wildman–Crippen LogP) is 3.58. The number of pyridine rings is 1. The van der Waals surface area contributed by atoms with Crippen molar-refractivity contribution in [3.63, 3.8) is 0 Å². The molecular formula is C15H24N2O2. The Balaban J connectivity index is 2.95. The van der Waals surface area contributed by atoms with Gasteiger partial charge in [0.25, 0.3) is 0 Å². The van der Waals surface area contributed by atoms with E-state index in [-0.39, 0.29) is 6.04 Å². The summed E-state index contributed by atoms with van der Waals surface area (Å²) in [6.45, 7) is 8.48. The third-order valence-corrected chi connectivity index (χ3v) is 3.50. The minimum Gasteiger partial charge on any atom is -0.478 e. The van der Waals surface area contributed by atoms with Gasteiger partial charge in [-0.25, -0.2) is 9.78 Å². The smallest absolute Gasteiger partial charge is 0.335 e. The molecule has 4 nitrogen and oxygen atoms in total. The molecule has 1 aromatic rings. The van der Waals surface area contributed by atoms with Gasteiger partial charge in [0.15, 0.2) is 0 Å². The van der Waals surface area contributed by atoms with Crippen LogP contribution in [0.3, 0.4) is 0 Å². The van der Waals surface area contributed by atoms with E-state index in [0.29, 0.717) is 17.3 Å². The summed E-state index contributed by atoms with van der Waals surface area (Å²) < 4.78 is 0. The second-order valence-corrected chi connectivity index (χ2v) is 5.11. The van der Waals surface area contributed by atoms with E-state index < -0.39 is 5.97 Å². The molecule has 0 saturated carbocycles. The van der Waals surface area contributed by atoms with Gasteiger partial charge in [0.05, 0.1) is 5.56 Å². The van der Waals surface area contributed by atoms with Crippen molar-refractivity contribution in [2.45, 2.75) is 53.0 Å². The van der Waals surface area contributed by atoms with Crippen LogP contribution in [0.2, 0.25) is 0 Å².